The first kappa shape index (κ1) is 15.7. The molecule has 0 spiro atoms. The first-order valence-corrected chi connectivity index (χ1v) is 8.47. The largest absolute Gasteiger partial charge is 0.310 e. The van der Waals surface area contributed by atoms with Gasteiger partial charge in [0.05, 0.1) is 17.5 Å². The zero-order chi connectivity index (χ0) is 16.2. The Labute approximate surface area is 143 Å². The molecule has 4 nitrogen and oxygen atoms in total. The van der Waals surface area contributed by atoms with Crippen molar-refractivity contribution in [2.75, 3.05) is 5.32 Å². The Morgan fingerprint density at radius 2 is 1.91 bits per heavy atom. The molecule has 0 radical (unpaired) electrons. The summed E-state index contributed by atoms with van der Waals surface area (Å²) in [6.45, 7) is 2.94. The third-order valence-corrected chi connectivity index (χ3v) is 4.44. The van der Waals surface area contributed by atoms with Crippen molar-refractivity contribution in [1.82, 2.24) is 9.55 Å². The summed E-state index contributed by atoms with van der Waals surface area (Å²) in [7, 11) is 0. The van der Waals surface area contributed by atoms with Crippen LogP contribution in [0.15, 0.2) is 53.0 Å². The van der Waals surface area contributed by atoms with Crippen molar-refractivity contribution in [1.29, 1.82) is 0 Å². The van der Waals surface area contributed by atoms with Crippen molar-refractivity contribution in [3.05, 3.63) is 58.6 Å². The maximum Gasteiger partial charge on any atom is 0.231 e. The number of rotatable bonds is 5. The molecule has 0 bridgehead atoms. The Balaban J connectivity index is 1.84. The minimum absolute atomic E-state index is 0.0652. The van der Waals surface area contributed by atoms with Crippen LogP contribution in [0.4, 0.5) is 5.95 Å². The maximum absolute atomic E-state index is 12.4. The molecule has 1 heterocycles. The number of carbonyl (C=O) groups excluding carboxylic acids is 1. The molecule has 1 amide bonds. The lowest BCUT2D eigenvalue weighted by Gasteiger charge is -2.09. The molecule has 1 aromatic heterocycles. The fraction of sp³-hybridized carbons (Fsp3) is 0.222. The number of anilines is 1. The molecule has 0 saturated carbocycles. The van der Waals surface area contributed by atoms with Crippen molar-refractivity contribution >= 4 is 38.8 Å². The smallest absolute Gasteiger partial charge is 0.231 e. The predicted molar refractivity (Wildman–Crippen MR) is 96.5 cm³/mol. The number of benzene rings is 2. The van der Waals surface area contributed by atoms with Gasteiger partial charge in [0.25, 0.3) is 0 Å². The highest BCUT2D eigenvalue weighted by molar-refractivity contribution is 9.10. The monoisotopic (exact) mass is 371 g/mol. The normalized spacial score (nSPS) is 10.9. The van der Waals surface area contributed by atoms with E-state index in [1.807, 2.05) is 48.5 Å². The lowest BCUT2D eigenvalue weighted by molar-refractivity contribution is -0.115. The van der Waals surface area contributed by atoms with Crippen LogP contribution < -0.4 is 5.32 Å². The lowest BCUT2D eigenvalue weighted by Crippen LogP contribution is -2.18. The van der Waals surface area contributed by atoms with Crippen molar-refractivity contribution in [2.24, 2.45) is 0 Å². The molecule has 0 saturated heterocycles. The van der Waals surface area contributed by atoms with Gasteiger partial charge in [0.2, 0.25) is 11.9 Å². The molecular formula is C18H18BrN3O. The molecule has 118 valence electrons. The first-order valence-electron chi connectivity index (χ1n) is 7.67. The summed E-state index contributed by atoms with van der Waals surface area (Å²) < 4.78 is 3.00. The summed E-state index contributed by atoms with van der Waals surface area (Å²) in [4.78, 5) is 16.9. The maximum atomic E-state index is 12.4. The van der Waals surface area contributed by atoms with Gasteiger partial charge in [-0.3, -0.25) is 10.1 Å². The second-order valence-corrected chi connectivity index (χ2v) is 6.25. The minimum Gasteiger partial charge on any atom is -0.310 e. The van der Waals surface area contributed by atoms with Gasteiger partial charge < -0.3 is 4.57 Å². The van der Waals surface area contributed by atoms with E-state index in [0.717, 1.165) is 34.0 Å². The minimum atomic E-state index is -0.0652. The number of nitrogens with one attached hydrogen (secondary N) is 1. The van der Waals surface area contributed by atoms with Gasteiger partial charge in [-0.15, -0.1) is 0 Å². The molecule has 0 fully saturated rings. The number of para-hydroxylation sites is 2. The number of fused-ring (bicyclic) bond motifs is 1. The number of halogens is 1. The quantitative estimate of drug-likeness (QED) is 0.722. The number of aryl methyl sites for hydroxylation is 1. The number of imidazole rings is 1. The van der Waals surface area contributed by atoms with Gasteiger partial charge in [-0.25, -0.2) is 4.98 Å². The van der Waals surface area contributed by atoms with Gasteiger partial charge in [0.1, 0.15) is 0 Å². The van der Waals surface area contributed by atoms with E-state index in [4.69, 9.17) is 0 Å². The van der Waals surface area contributed by atoms with Crippen LogP contribution in [0.3, 0.4) is 0 Å². The Bertz CT molecular complexity index is 841. The topological polar surface area (TPSA) is 46.9 Å². The fourth-order valence-electron chi connectivity index (χ4n) is 2.60. The number of hydrogen-bond acceptors (Lipinski definition) is 2. The van der Waals surface area contributed by atoms with Crippen molar-refractivity contribution in [2.45, 2.75) is 26.3 Å². The lowest BCUT2D eigenvalue weighted by atomic mass is 10.1. The third-order valence-electron chi connectivity index (χ3n) is 3.66. The standard InChI is InChI=1S/C18H18BrN3O/c1-2-11-22-16-10-6-5-9-15(16)20-18(22)21-17(23)12-13-7-3-4-8-14(13)19/h3-10H,2,11-12H2,1H3,(H,20,21,23). The Hall–Kier alpha value is -2.14. The average molecular weight is 372 g/mol. The van der Waals surface area contributed by atoms with Crippen LogP contribution in [-0.4, -0.2) is 15.5 Å². The van der Waals surface area contributed by atoms with E-state index in [1.54, 1.807) is 0 Å². The predicted octanol–water partition coefficient (Wildman–Crippen LogP) is 4.39. The van der Waals surface area contributed by atoms with E-state index in [-0.39, 0.29) is 5.91 Å². The van der Waals surface area contributed by atoms with Crippen LogP contribution in [0.5, 0.6) is 0 Å². The van der Waals surface area contributed by atoms with Crippen molar-refractivity contribution < 1.29 is 4.79 Å². The highest BCUT2D eigenvalue weighted by atomic mass is 79.9. The van der Waals surface area contributed by atoms with Crippen LogP contribution >= 0.6 is 15.9 Å². The highest BCUT2D eigenvalue weighted by Crippen LogP contribution is 2.21. The molecule has 0 aliphatic rings. The van der Waals surface area contributed by atoms with Crippen LogP contribution in [0.2, 0.25) is 0 Å². The molecule has 23 heavy (non-hydrogen) atoms. The number of amides is 1. The molecular weight excluding hydrogens is 354 g/mol. The first-order chi connectivity index (χ1) is 11.2. The van der Waals surface area contributed by atoms with Gasteiger partial charge in [-0.05, 0) is 30.2 Å². The second-order valence-electron chi connectivity index (χ2n) is 5.39. The highest BCUT2D eigenvalue weighted by Gasteiger charge is 2.13. The van der Waals surface area contributed by atoms with E-state index in [2.05, 4.69) is 37.7 Å². The Morgan fingerprint density at radius 3 is 2.70 bits per heavy atom. The fourth-order valence-corrected chi connectivity index (χ4v) is 3.03. The molecule has 3 aromatic rings. The zero-order valence-corrected chi connectivity index (χ0v) is 14.5. The number of nitrogens with zero attached hydrogens (tertiary/aromatic N) is 2. The summed E-state index contributed by atoms with van der Waals surface area (Å²) in [6.07, 6.45) is 1.30. The van der Waals surface area contributed by atoms with Crippen molar-refractivity contribution in [3.8, 4) is 0 Å². The van der Waals surface area contributed by atoms with E-state index in [1.165, 1.54) is 0 Å². The summed E-state index contributed by atoms with van der Waals surface area (Å²) in [5, 5.41) is 2.95. The van der Waals surface area contributed by atoms with E-state index in [0.29, 0.717) is 12.4 Å². The summed E-state index contributed by atoms with van der Waals surface area (Å²) in [5.74, 6) is 0.551. The number of hydrogen-bond donors (Lipinski definition) is 1. The van der Waals surface area contributed by atoms with Gasteiger partial charge in [0, 0.05) is 11.0 Å². The van der Waals surface area contributed by atoms with Crippen LogP contribution in [0.1, 0.15) is 18.9 Å². The molecule has 1 N–H and O–H groups in total. The second kappa shape index (κ2) is 6.96. The molecule has 0 atom stereocenters. The molecule has 5 heteroatoms. The Morgan fingerprint density at radius 1 is 1.17 bits per heavy atom. The third kappa shape index (κ3) is 3.45. The van der Waals surface area contributed by atoms with Crippen molar-refractivity contribution in [3.63, 3.8) is 0 Å². The summed E-state index contributed by atoms with van der Waals surface area (Å²) >= 11 is 3.48. The van der Waals surface area contributed by atoms with E-state index in [9.17, 15) is 4.79 Å². The van der Waals surface area contributed by atoms with E-state index < -0.39 is 0 Å². The summed E-state index contributed by atoms with van der Waals surface area (Å²) in [5.41, 5.74) is 2.91. The number of aromatic nitrogens is 2. The Kier molecular flexibility index (Phi) is 4.76. The van der Waals surface area contributed by atoms with Crippen LogP contribution in [0, 0.1) is 0 Å². The molecule has 0 unspecified atom stereocenters. The molecule has 0 aliphatic heterocycles. The van der Waals surface area contributed by atoms with Gasteiger partial charge in [0.15, 0.2) is 0 Å². The van der Waals surface area contributed by atoms with Gasteiger partial charge >= 0.3 is 0 Å². The zero-order valence-electron chi connectivity index (χ0n) is 12.9. The van der Waals surface area contributed by atoms with Gasteiger partial charge in [-0.1, -0.05) is 53.2 Å². The molecule has 0 aliphatic carbocycles. The van der Waals surface area contributed by atoms with Crippen LogP contribution in [-0.2, 0) is 17.8 Å². The number of carbonyl (C=O) groups is 1. The summed E-state index contributed by atoms with van der Waals surface area (Å²) in [6, 6.07) is 15.7. The molecule has 2 aromatic carbocycles. The van der Waals surface area contributed by atoms with Gasteiger partial charge in [-0.2, -0.15) is 0 Å². The molecule has 3 rings (SSSR count). The van der Waals surface area contributed by atoms with E-state index >= 15 is 0 Å². The average Bonchev–Trinajstić information content (AvgIpc) is 2.88. The SMILES string of the molecule is CCCn1c(NC(=O)Cc2ccccc2Br)nc2ccccc21. The van der Waals surface area contributed by atoms with Crippen LogP contribution in [0.25, 0.3) is 11.0 Å².